The molecule has 0 aliphatic rings. The summed E-state index contributed by atoms with van der Waals surface area (Å²) in [6.45, 7) is 7.04. The molecule has 0 saturated heterocycles. The van der Waals surface area contributed by atoms with Gasteiger partial charge in [0.1, 0.15) is 5.69 Å². The summed E-state index contributed by atoms with van der Waals surface area (Å²) in [4.78, 5) is 9.30. The van der Waals surface area contributed by atoms with Gasteiger partial charge in [0.25, 0.3) is 0 Å². The second-order valence-electron chi connectivity index (χ2n) is 6.19. The molecule has 0 atom stereocenters. The minimum Gasteiger partial charge on any atom is -0.326 e. The maximum absolute atomic E-state index is 5.64. The van der Waals surface area contributed by atoms with Crippen molar-refractivity contribution in [2.75, 3.05) is 0 Å². The van der Waals surface area contributed by atoms with Crippen LogP contribution in [0.4, 0.5) is 0 Å². The Labute approximate surface area is 124 Å². The second kappa shape index (κ2) is 4.97. The molecule has 0 bridgehead atoms. The molecule has 0 radical (unpaired) electrons. The predicted molar refractivity (Wildman–Crippen MR) is 85.9 cm³/mol. The molecule has 0 saturated carbocycles. The van der Waals surface area contributed by atoms with E-state index in [-0.39, 0.29) is 5.54 Å². The molecule has 4 nitrogen and oxygen atoms in total. The maximum atomic E-state index is 5.64. The smallest absolute Gasteiger partial charge is 0.160 e. The van der Waals surface area contributed by atoms with Crippen LogP contribution in [0.3, 0.4) is 0 Å². The summed E-state index contributed by atoms with van der Waals surface area (Å²) >= 11 is 0. The second-order valence-corrected chi connectivity index (χ2v) is 6.19. The quantitative estimate of drug-likeness (QED) is 0.783. The van der Waals surface area contributed by atoms with E-state index in [4.69, 9.17) is 10.7 Å². The molecule has 21 heavy (non-hydrogen) atoms. The van der Waals surface area contributed by atoms with E-state index in [2.05, 4.69) is 36.4 Å². The van der Waals surface area contributed by atoms with E-state index < -0.39 is 0 Å². The van der Waals surface area contributed by atoms with Crippen molar-refractivity contribution >= 4 is 11.0 Å². The van der Waals surface area contributed by atoms with Crippen LogP contribution in [-0.4, -0.2) is 14.5 Å². The Morgan fingerprint density at radius 2 is 1.86 bits per heavy atom. The highest BCUT2D eigenvalue weighted by atomic mass is 15.1. The molecule has 0 unspecified atom stereocenters. The Balaban J connectivity index is 2.25. The van der Waals surface area contributed by atoms with Gasteiger partial charge >= 0.3 is 0 Å². The average molecular weight is 280 g/mol. The molecule has 2 heterocycles. The van der Waals surface area contributed by atoms with Gasteiger partial charge in [-0.1, -0.05) is 18.2 Å². The minimum absolute atomic E-state index is 0.0698. The van der Waals surface area contributed by atoms with Crippen LogP contribution in [0, 0.1) is 0 Å². The third-order valence-corrected chi connectivity index (χ3v) is 3.52. The standard InChI is InChI=1S/C17H20N4/c1-17(2,3)21-15-7-5-4-6-13(15)20-16(21)14-9-8-12(10-18)11-19-14/h4-9,11H,10,18H2,1-3H3. The number of hydrogen-bond donors (Lipinski definition) is 1. The van der Waals surface area contributed by atoms with Gasteiger partial charge in [-0.3, -0.25) is 4.98 Å². The monoisotopic (exact) mass is 280 g/mol. The van der Waals surface area contributed by atoms with Crippen molar-refractivity contribution in [1.29, 1.82) is 0 Å². The molecule has 108 valence electrons. The van der Waals surface area contributed by atoms with Crippen molar-refractivity contribution in [3.05, 3.63) is 48.2 Å². The normalized spacial score (nSPS) is 12.0. The number of hydrogen-bond acceptors (Lipinski definition) is 3. The lowest BCUT2D eigenvalue weighted by Crippen LogP contribution is -2.22. The summed E-state index contributed by atoms with van der Waals surface area (Å²) in [6.07, 6.45) is 1.82. The van der Waals surface area contributed by atoms with Crippen LogP contribution in [-0.2, 0) is 12.1 Å². The lowest BCUT2D eigenvalue weighted by Gasteiger charge is -2.24. The van der Waals surface area contributed by atoms with Gasteiger partial charge in [-0.05, 0) is 44.5 Å². The van der Waals surface area contributed by atoms with Crippen molar-refractivity contribution in [3.63, 3.8) is 0 Å². The molecular formula is C17H20N4. The highest BCUT2D eigenvalue weighted by Gasteiger charge is 2.22. The van der Waals surface area contributed by atoms with Gasteiger partial charge in [0.15, 0.2) is 5.82 Å². The first-order chi connectivity index (χ1) is 10.0. The molecule has 0 amide bonds. The van der Waals surface area contributed by atoms with Crippen molar-refractivity contribution in [3.8, 4) is 11.5 Å². The van der Waals surface area contributed by atoms with Crippen LogP contribution in [0.25, 0.3) is 22.6 Å². The van der Waals surface area contributed by atoms with Gasteiger partial charge < -0.3 is 10.3 Å². The number of imidazole rings is 1. The Morgan fingerprint density at radius 1 is 1.10 bits per heavy atom. The van der Waals surface area contributed by atoms with Crippen LogP contribution in [0.1, 0.15) is 26.3 Å². The summed E-state index contributed by atoms with van der Waals surface area (Å²) in [5, 5.41) is 0. The number of rotatable bonds is 2. The Hall–Kier alpha value is -2.20. The Bertz CT molecular complexity index is 764. The lowest BCUT2D eigenvalue weighted by atomic mass is 10.1. The molecule has 2 aromatic heterocycles. The lowest BCUT2D eigenvalue weighted by molar-refractivity contribution is 0.412. The average Bonchev–Trinajstić information content (AvgIpc) is 2.86. The maximum Gasteiger partial charge on any atom is 0.160 e. The fraction of sp³-hybridized carbons (Fsp3) is 0.294. The first-order valence-corrected chi connectivity index (χ1v) is 7.14. The third-order valence-electron chi connectivity index (χ3n) is 3.52. The number of para-hydroxylation sites is 2. The SMILES string of the molecule is CC(C)(C)n1c(-c2ccc(CN)cn2)nc2ccccc21. The van der Waals surface area contributed by atoms with Crippen LogP contribution in [0.15, 0.2) is 42.6 Å². The van der Waals surface area contributed by atoms with E-state index in [1.54, 1.807) is 0 Å². The molecule has 4 heteroatoms. The molecule has 3 rings (SSSR count). The summed E-state index contributed by atoms with van der Waals surface area (Å²) in [7, 11) is 0. The molecule has 0 fully saturated rings. The topological polar surface area (TPSA) is 56.7 Å². The van der Waals surface area contributed by atoms with Gasteiger partial charge in [-0.2, -0.15) is 0 Å². The number of fused-ring (bicyclic) bond motifs is 1. The first-order valence-electron chi connectivity index (χ1n) is 7.14. The zero-order valence-electron chi connectivity index (χ0n) is 12.7. The van der Waals surface area contributed by atoms with E-state index in [9.17, 15) is 0 Å². The fourth-order valence-corrected chi connectivity index (χ4v) is 2.55. The van der Waals surface area contributed by atoms with Crippen LogP contribution in [0.5, 0.6) is 0 Å². The molecule has 0 aliphatic carbocycles. The molecule has 2 N–H and O–H groups in total. The fourth-order valence-electron chi connectivity index (χ4n) is 2.55. The van der Waals surface area contributed by atoms with E-state index in [0.29, 0.717) is 6.54 Å². The summed E-state index contributed by atoms with van der Waals surface area (Å²) in [5.74, 6) is 0.896. The van der Waals surface area contributed by atoms with Crippen LogP contribution >= 0.6 is 0 Å². The number of pyridine rings is 1. The van der Waals surface area contributed by atoms with Crippen LogP contribution < -0.4 is 5.73 Å². The number of nitrogens with zero attached hydrogens (tertiary/aromatic N) is 3. The molecular weight excluding hydrogens is 260 g/mol. The van der Waals surface area contributed by atoms with Gasteiger partial charge in [0, 0.05) is 18.3 Å². The Kier molecular flexibility index (Phi) is 3.26. The molecule has 0 spiro atoms. The van der Waals surface area contributed by atoms with Crippen molar-refractivity contribution < 1.29 is 0 Å². The minimum atomic E-state index is -0.0698. The zero-order chi connectivity index (χ0) is 15.0. The largest absolute Gasteiger partial charge is 0.326 e. The van der Waals surface area contributed by atoms with Crippen LogP contribution in [0.2, 0.25) is 0 Å². The van der Waals surface area contributed by atoms with Gasteiger partial charge in [-0.15, -0.1) is 0 Å². The van der Waals surface area contributed by atoms with Crippen molar-refractivity contribution in [2.45, 2.75) is 32.9 Å². The summed E-state index contributed by atoms with van der Waals surface area (Å²) in [5.41, 5.74) is 9.59. The van der Waals surface area contributed by atoms with E-state index >= 15 is 0 Å². The number of nitrogens with two attached hydrogens (primary N) is 1. The zero-order valence-corrected chi connectivity index (χ0v) is 12.7. The van der Waals surface area contributed by atoms with E-state index in [0.717, 1.165) is 28.1 Å². The predicted octanol–water partition coefficient (Wildman–Crippen LogP) is 3.31. The van der Waals surface area contributed by atoms with Gasteiger partial charge in [0.05, 0.1) is 11.0 Å². The molecule has 1 aromatic carbocycles. The first kappa shape index (κ1) is 13.8. The highest BCUT2D eigenvalue weighted by molar-refractivity contribution is 5.80. The van der Waals surface area contributed by atoms with E-state index in [1.165, 1.54) is 0 Å². The molecule has 0 aliphatic heterocycles. The summed E-state index contributed by atoms with van der Waals surface area (Å²) < 4.78 is 2.24. The van der Waals surface area contributed by atoms with Crippen molar-refractivity contribution in [2.24, 2.45) is 5.73 Å². The van der Waals surface area contributed by atoms with Gasteiger partial charge in [0.2, 0.25) is 0 Å². The van der Waals surface area contributed by atoms with Crippen molar-refractivity contribution in [1.82, 2.24) is 14.5 Å². The highest BCUT2D eigenvalue weighted by Crippen LogP contribution is 2.30. The number of aromatic nitrogens is 3. The van der Waals surface area contributed by atoms with E-state index in [1.807, 2.05) is 36.5 Å². The Morgan fingerprint density at radius 3 is 2.48 bits per heavy atom. The number of benzene rings is 1. The summed E-state index contributed by atoms with van der Waals surface area (Å²) in [6, 6.07) is 12.2. The van der Waals surface area contributed by atoms with Gasteiger partial charge in [-0.25, -0.2) is 4.98 Å². The third kappa shape index (κ3) is 2.43. The molecule has 3 aromatic rings.